The molecule has 1 saturated heterocycles. The van der Waals surface area contributed by atoms with Gasteiger partial charge in [-0.15, -0.1) is 0 Å². The largest absolute Gasteiger partial charge is 0.378 e. The number of anilines is 1. The van der Waals surface area contributed by atoms with E-state index in [2.05, 4.69) is 21.2 Å². The number of halogens is 2. The molecule has 1 nitrogen and oxygen atoms in total. The van der Waals surface area contributed by atoms with Gasteiger partial charge in [-0.3, -0.25) is 0 Å². The van der Waals surface area contributed by atoms with Gasteiger partial charge in [-0.2, -0.15) is 11.8 Å². The highest BCUT2D eigenvalue weighted by Crippen LogP contribution is 2.28. The SMILES string of the molecule is Fc1cccc(Br)c1NC1CCCSC1. The van der Waals surface area contributed by atoms with Gasteiger partial charge in [-0.25, -0.2) is 4.39 Å². The van der Waals surface area contributed by atoms with E-state index < -0.39 is 0 Å². The van der Waals surface area contributed by atoms with Crippen molar-refractivity contribution >= 4 is 33.4 Å². The molecule has 0 aliphatic carbocycles. The Morgan fingerprint density at radius 2 is 2.33 bits per heavy atom. The zero-order valence-corrected chi connectivity index (χ0v) is 10.7. The van der Waals surface area contributed by atoms with Crippen LogP contribution in [-0.2, 0) is 0 Å². The topological polar surface area (TPSA) is 12.0 Å². The highest BCUT2D eigenvalue weighted by Gasteiger charge is 2.16. The molecule has 1 aromatic carbocycles. The molecule has 0 spiro atoms. The summed E-state index contributed by atoms with van der Waals surface area (Å²) in [4.78, 5) is 0. The summed E-state index contributed by atoms with van der Waals surface area (Å²) in [6.07, 6.45) is 2.35. The van der Waals surface area contributed by atoms with Crippen LogP contribution in [0.25, 0.3) is 0 Å². The van der Waals surface area contributed by atoms with Gasteiger partial charge in [0.1, 0.15) is 5.82 Å². The molecule has 0 radical (unpaired) electrons. The van der Waals surface area contributed by atoms with Gasteiger partial charge in [0.2, 0.25) is 0 Å². The van der Waals surface area contributed by atoms with E-state index in [1.165, 1.54) is 18.2 Å². The summed E-state index contributed by atoms with van der Waals surface area (Å²) in [6, 6.07) is 5.46. The van der Waals surface area contributed by atoms with Crippen molar-refractivity contribution in [1.82, 2.24) is 0 Å². The minimum Gasteiger partial charge on any atom is -0.378 e. The minimum absolute atomic E-state index is 0.181. The van der Waals surface area contributed by atoms with Gasteiger partial charge >= 0.3 is 0 Å². The summed E-state index contributed by atoms with van der Waals surface area (Å²) in [6.45, 7) is 0. The number of nitrogens with one attached hydrogen (secondary N) is 1. The molecule has 0 aromatic heterocycles. The van der Waals surface area contributed by atoms with E-state index >= 15 is 0 Å². The maximum absolute atomic E-state index is 13.5. The van der Waals surface area contributed by atoms with E-state index in [9.17, 15) is 4.39 Å². The fourth-order valence-corrected chi connectivity index (χ4v) is 3.22. The quantitative estimate of drug-likeness (QED) is 0.886. The average molecular weight is 290 g/mol. The molecular formula is C11H13BrFNS. The molecule has 4 heteroatoms. The molecule has 1 aliphatic heterocycles. The lowest BCUT2D eigenvalue weighted by Crippen LogP contribution is -2.26. The van der Waals surface area contributed by atoms with Crippen molar-refractivity contribution in [3.05, 3.63) is 28.5 Å². The zero-order chi connectivity index (χ0) is 10.7. The molecule has 0 amide bonds. The average Bonchev–Trinajstić information content (AvgIpc) is 2.25. The van der Waals surface area contributed by atoms with E-state index in [4.69, 9.17) is 0 Å². The van der Waals surface area contributed by atoms with Crippen LogP contribution >= 0.6 is 27.7 Å². The standard InChI is InChI=1S/C11H13BrFNS/c12-9-4-1-5-10(13)11(9)14-8-3-2-6-15-7-8/h1,4-5,8,14H,2-3,6-7H2. The first-order valence-electron chi connectivity index (χ1n) is 5.05. The molecular weight excluding hydrogens is 277 g/mol. The predicted molar refractivity (Wildman–Crippen MR) is 68.1 cm³/mol. The lowest BCUT2D eigenvalue weighted by atomic mass is 10.1. The minimum atomic E-state index is -0.181. The molecule has 1 fully saturated rings. The van der Waals surface area contributed by atoms with Gasteiger partial charge in [0.15, 0.2) is 0 Å². The number of hydrogen-bond donors (Lipinski definition) is 1. The van der Waals surface area contributed by atoms with E-state index in [0.717, 1.165) is 16.6 Å². The second kappa shape index (κ2) is 5.21. The van der Waals surface area contributed by atoms with Crippen LogP contribution in [0.3, 0.4) is 0 Å². The van der Waals surface area contributed by atoms with Gasteiger partial charge in [0.25, 0.3) is 0 Å². The second-order valence-corrected chi connectivity index (χ2v) is 5.66. The van der Waals surface area contributed by atoms with Crippen LogP contribution in [0.15, 0.2) is 22.7 Å². The summed E-state index contributed by atoms with van der Waals surface area (Å²) in [5.74, 6) is 2.12. The third-order valence-corrected chi connectivity index (χ3v) is 4.35. The monoisotopic (exact) mass is 289 g/mol. The predicted octanol–water partition coefficient (Wildman–Crippen LogP) is 3.90. The van der Waals surface area contributed by atoms with Crippen LogP contribution in [0.4, 0.5) is 10.1 Å². The van der Waals surface area contributed by atoms with Crippen LogP contribution in [0.2, 0.25) is 0 Å². The van der Waals surface area contributed by atoms with Gasteiger partial charge in [-0.1, -0.05) is 6.07 Å². The Balaban J connectivity index is 2.09. The fourth-order valence-electron chi connectivity index (χ4n) is 1.69. The molecule has 1 atom stereocenters. The number of benzene rings is 1. The Labute approximate surface area is 102 Å². The number of para-hydroxylation sites is 1. The highest BCUT2D eigenvalue weighted by atomic mass is 79.9. The van der Waals surface area contributed by atoms with Gasteiger partial charge in [0.05, 0.1) is 5.69 Å². The van der Waals surface area contributed by atoms with Gasteiger partial charge < -0.3 is 5.32 Å². The maximum Gasteiger partial charge on any atom is 0.147 e. The van der Waals surface area contributed by atoms with Crippen molar-refractivity contribution in [2.45, 2.75) is 18.9 Å². The van der Waals surface area contributed by atoms with Crippen molar-refractivity contribution < 1.29 is 4.39 Å². The summed E-state index contributed by atoms with van der Waals surface area (Å²) in [7, 11) is 0. The molecule has 2 rings (SSSR count). The van der Waals surface area contributed by atoms with Crippen LogP contribution < -0.4 is 5.32 Å². The molecule has 82 valence electrons. The van der Waals surface area contributed by atoms with Crippen molar-refractivity contribution in [2.75, 3.05) is 16.8 Å². The first-order valence-corrected chi connectivity index (χ1v) is 7.00. The first-order chi connectivity index (χ1) is 7.27. The smallest absolute Gasteiger partial charge is 0.147 e. The number of hydrogen-bond acceptors (Lipinski definition) is 2. The molecule has 1 unspecified atom stereocenters. The molecule has 1 aromatic rings. The van der Waals surface area contributed by atoms with Crippen LogP contribution in [0.1, 0.15) is 12.8 Å². The van der Waals surface area contributed by atoms with Gasteiger partial charge in [-0.05, 0) is 46.7 Å². The Morgan fingerprint density at radius 3 is 3.00 bits per heavy atom. The van der Waals surface area contributed by atoms with Crippen LogP contribution in [0.5, 0.6) is 0 Å². The third kappa shape index (κ3) is 2.88. The van der Waals surface area contributed by atoms with Crippen molar-refractivity contribution in [3.63, 3.8) is 0 Å². The van der Waals surface area contributed by atoms with Crippen LogP contribution in [-0.4, -0.2) is 17.5 Å². The van der Waals surface area contributed by atoms with E-state index in [1.807, 2.05) is 17.8 Å². The fraction of sp³-hybridized carbons (Fsp3) is 0.455. The van der Waals surface area contributed by atoms with Crippen LogP contribution in [0, 0.1) is 5.82 Å². The van der Waals surface area contributed by atoms with E-state index in [1.54, 1.807) is 6.07 Å². The molecule has 1 aliphatic rings. The summed E-state index contributed by atoms with van der Waals surface area (Å²) < 4.78 is 14.3. The van der Waals surface area contributed by atoms with Crippen molar-refractivity contribution in [3.8, 4) is 0 Å². The van der Waals surface area contributed by atoms with Crippen molar-refractivity contribution in [2.24, 2.45) is 0 Å². The molecule has 1 heterocycles. The third-order valence-electron chi connectivity index (χ3n) is 2.47. The lowest BCUT2D eigenvalue weighted by Gasteiger charge is -2.24. The summed E-state index contributed by atoms with van der Waals surface area (Å²) in [5.41, 5.74) is 0.602. The Hall–Kier alpha value is -0.220. The first kappa shape index (κ1) is 11.3. The Bertz CT molecular complexity index is 319. The second-order valence-electron chi connectivity index (χ2n) is 3.66. The summed E-state index contributed by atoms with van der Waals surface area (Å²) >= 11 is 5.30. The van der Waals surface area contributed by atoms with Crippen molar-refractivity contribution in [1.29, 1.82) is 0 Å². The normalized spacial score (nSPS) is 21.3. The lowest BCUT2D eigenvalue weighted by molar-refractivity contribution is 0.619. The number of rotatable bonds is 2. The Morgan fingerprint density at radius 1 is 1.47 bits per heavy atom. The number of thioether (sulfide) groups is 1. The highest BCUT2D eigenvalue weighted by molar-refractivity contribution is 9.10. The molecule has 1 N–H and O–H groups in total. The Kier molecular flexibility index (Phi) is 3.92. The molecule has 0 bridgehead atoms. The van der Waals surface area contributed by atoms with E-state index in [0.29, 0.717) is 11.7 Å². The van der Waals surface area contributed by atoms with E-state index in [-0.39, 0.29) is 5.82 Å². The van der Waals surface area contributed by atoms with Gasteiger partial charge in [0, 0.05) is 16.3 Å². The molecule has 15 heavy (non-hydrogen) atoms. The maximum atomic E-state index is 13.5. The zero-order valence-electron chi connectivity index (χ0n) is 8.30. The summed E-state index contributed by atoms with van der Waals surface area (Å²) in [5, 5.41) is 3.27. The molecule has 0 saturated carbocycles.